The van der Waals surface area contributed by atoms with Gasteiger partial charge < -0.3 is 25.8 Å². The number of aliphatic hydroxyl groups excluding tert-OH is 1. The fourth-order valence-corrected chi connectivity index (χ4v) is 4.68. The first-order valence-electron chi connectivity index (χ1n) is 12.4. The first-order valence-corrected chi connectivity index (χ1v) is 13.2. The van der Waals surface area contributed by atoms with Crippen molar-refractivity contribution in [1.82, 2.24) is 15.6 Å². The van der Waals surface area contributed by atoms with Gasteiger partial charge in [-0.3, -0.25) is 4.79 Å². The summed E-state index contributed by atoms with van der Waals surface area (Å²) in [4.78, 5) is 29.9. The quantitative estimate of drug-likeness (QED) is 0.227. The van der Waals surface area contributed by atoms with Crippen LogP contribution in [-0.4, -0.2) is 28.1 Å². The molecule has 0 atom stereocenters. The van der Waals surface area contributed by atoms with E-state index >= 15 is 0 Å². The Morgan fingerprint density at radius 2 is 1.82 bits per heavy atom. The van der Waals surface area contributed by atoms with Gasteiger partial charge in [-0.15, -0.1) is 0 Å². The summed E-state index contributed by atoms with van der Waals surface area (Å²) in [5, 5.41) is 19.5. The van der Waals surface area contributed by atoms with Crippen LogP contribution in [0.3, 0.4) is 0 Å². The van der Waals surface area contributed by atoms with E-state index in [4.69, 9.17) is 9.72 Å². The lowest BCUT2D eigenvalue weighted by molar-refractivity contribution is 0.0951. The van der Waals surface area contributed by atoms with Gasteiger partial charge in [-0.1, -0.05) is 65.9 Å². The number of carbonyl (C=O) groups excluding carboxylic acids is 2. The summed E-state index contributed by atoms with van der Waals surface area (Å²) in [6.07, 6.45) is 1.44. The van der Waals surface area contributed by atoms with Crippen LogP contribution in [0.4, 0.5) is 15.6 Å². The van der Waals surface area contributed by atoms with Crippen molar-refractivity contribution in [3.05, 3.63) is 95.1 Å². The molecule has 0 radical (unpaired) electrons. The first-order chi connectivity index (χ1) is 18.5. The van der Waals surface area contributed by atoms with E-state index in [-0.39, 0.29) is 18.6 Å². The number of ether oxygens (including phenoxy) is 1. The highest BCUT2D eigenvalue weighted by Crippen LogP contribution is 2.40. The van der Waals surface area contributed by atoms with Gasteiger partial charge in [-0.2, -0.15) is 0 Å². The zero-order valence-corrected chi connectivity index (χ0v) is 21.7. The van der Waals surface area contributed by atoms with Crippen molar-refractivity contribution in [2.24, 2.45) is 0 Å². The largest absolute Gasteiger partial charge is 0.413 e. The molecule has 4 aromatic rings. The third-order valence-electron chi connectivity index (χ3n) is 6.10. The predicted molar refractivity (Wildman–Crippen MR) is 148 cm³/mol. The third kappa shape index (κ3) is 6.37. The number of rotatable bonds is 9. The van der Waals surface area contributed by atoms with Gasteiger partial charge in [0, 0.05) is 29.4 Å². The number of aliphatic hydroxyl groups is 1. The number of hydrogen-bond donors (Lipinski definition) is 4. The molecule has 1 fully saturated rings. The second kappa shape index (κ2) is 11.5. The molecule has 1 aliphatic rings. The average molecular weight is 529 g/mol. The highest BCUT2D eigenvalue weighted by molar-refractivity contribution is 7.18. The van der Waals surface area contributed by atoms with E-state index in [1.54, 1.807) is 12.1 Å². The summed E-state index contributed by atoms with van der Waals surface area (Å²) in [5.74, 6) is -0.102. The third-order valence-corrected chi connectivity index (χ3v) is 6.95. The molecule has 0 aliphatic heterocycles. The Morgan fingerprint density at radius 1 is 1.03 bits per heavy atom. The number of benzene rings is 3. The van der Waals surface area contributed by atoms with Crippen molar-refractivity contribution in [2.75, 3.05) is 5.32 Å². The summed E-state index contributed by atoms with van der Waals surface area (Å²) >= 11 is 1.19. The number of amides is 2. The minimum Gasteiger partial charge on any atom is -0.397 e. The van der Waals surface area contributed by atoms with Crippen LogP contribution in [0.5, 0.6) is 5.06 Å². The molecule has 8 nitrogen and oxygen atoms in total. The zero-order chi connectivity index (χ0) is 26.5. The van der Waals surface area contributed by atoms with Gasteiger partial charge >= 0.3 is 6.09 Å². The second-order valence-electron chi connectivity index (χ2n) is 9.14. The van der Waals surface area contributed by atoms with E-state index in [0.29, 0.717) is 33.6 Å². The lowest BCUT2D eigenvalue weighted by Crippen LogP contribution is -2.26. The molecule has 1 aromatic heterocycles. The van der Waals surface area contributed by atoms with Crippen LogP contribution in [0.15, 0.2) is 72.8 Å². The fraction of sp³-hybridized carbons (Fsp3) is 0.207. The average Bonchev–Trinajstić information content (AvgIpc) is 3.67. The van der Waals surface area contributed by atoms with Gasteiger partial charge in [-0.25, -0.2) is 9.78 Å². The summed E-state index contributed by atoms with van der Waals surface area (Å²) in [7, 11) is 0. The number of nitrogens with zero attached hydrogens (tertiary/aromatic N) is 1. The highest BCUT2D eigenvalue weighted by atomic mass is 32.1. The lowest BCUT2D eigenvalue weighted by atomic mass is 10.1. The molecule has 0 unspecified atom stereocenters. The number of carbonyl (C=O) groups is 2. The topological polar surface area (TPSA) is 113 Å². The summed E-state index contributed by atoms with van der Waals surface area (Å²) in [6.45, 7) is 2.15. The molecule has 38 heavy (non-hydrogen) atoms. The van der Waals surface area contributed by atoms with Gasteiger partial charge in [0.05, 0.1) is 6.61 Å². The molecule has 9 heteroatoms. The van der Waals surface area contributed by atoms with Crippen LogP contribution in [0, 0.1) is 6.92 Å². The normalized spacial score (nSPS) is 12.6. The van der Waals surface area contributed by atoms with Crippen LogP contribution in [-0.2, 0) is 13.2 Å². The molecular formula is C29H28N4O4S. The number of hydrogen-bond acceptors (Lipinski definition) is 7. The van der Waals surface area contributed by atoms with Crippen LogP contribution in [0.1, 0.15) is 39.9 Å². The van der Waals surface area contributed by atoms with Crippen molar-refractivity contribution in [3.63, 3.8) is 0 Å². The van der Waals surface area contributed by atoms with E-state index in [1.807, 2.05) is 67.6 Å². The smallest absolute Gasteiger partial charge is 0.397 e. The molecule has 3 aromatic carbocycles. The van der Waals surface area contributed by atoms with Crippen LogP contribution in [0.2, 0.25) is 0 Å². The molecule has 1 heterocycles. The van der Waals surface area contributed by atoms with Gasteiger partial charge in [0.15, 0.2) is 5.13 Å². The second-order valence-corrected chi connectivity index (χ2v) is 10.1. The predicted octanol–water partition coefficient (Wildman–Crippen LogP) is 5.54. The van der Waals surface area contributed by atoms with E-state index < -0.39 is 6.09 Å². The van der Waals surface area contributed by atoms with Gasteiger partial charge in [0.25, 0.3) is 5.91 Å². The molecule has 0 saturated heterocycles. The maximum absolute atomic E-state index is 12.7. The van der Waals surface area contributed by atoms with E-state index in [1.165, 1.54) is 11.3 Å². The molecule has 0 bridgehead atoms. The summed E-state index contributed by atoms with van der Waals surface area (Å²) in [5.41, 5.74) is 5.09. The molecule has 194 valence electrons. The van der Waals surface area contributed by atoms with Crippen molar-refractivity contribution in [2.45, 2.75) is 39.0 Å². The zero-order valence-electron chi connectivity index (χ0n) is 20.9. The van der Waals surface area contributed by atoms with Crippen LogP contribution < -0.4 is 20.7 Å². The van der Waals surface area contributed by atoms with Gasteiger partial charge in [-0.05, 0) is 54.7 Å². The maximum Gasteiger partial charge on any atom is 0.413 e. The molecule has 5 rings (SSSR count). The Balaban J connectivity index is 1.39. The number of thiazole rings is 1. The molecule has 0 spiro atoms. The monoisotopic (exact) mass is 528 g/mol. The number of anilines is 2. The minimum atomic E-state index is -0.599. The fourth-order valence-electron chi connectivity index (χ4n) is 3.83. The van der Waals surface area contributed by atoms with Crippen molar-refractivity contribution < 1.29 is 19.4 Å². The SMILES string of the molecule is Cc1ccc(C(=O)NC2CC2)cc1Nc1nc(-c2cccc(CO)c2)c(OC(=O)NCc2ccccc2)s1. The van der Waals surface area contributed by atoms with Crippen molar-refractivity contribution in [1.29, 1.82) is 0 Å². The summed E-state index contributed by atoms with van der Waals surface area (Å²) in [6, 6.07) is 22.6. The van der Waals surface area contributed by atoms with E-state index in [0.717, 1.165) is 35.2 Å². The Morgan fingerprint density at radius 3 is 2.58 bits per heavy atom. The molecular weight excluding hydrogens is 500 g/mol. The van der Waals surface area contributed by atoms with E-state index in [2.05, 4.69) is 16.0 Å². The standard InChI is InChI=1S/C29H28N4O4S/c1-18-10-11-22(26(35)31-23-12-13-23)15-24(18)32-28-33-25(21-9-5-8-20(14-21)17-34)27(38-28)37-29(36)30-16-19-6-3-2-4-7-19/h2-11,14-15,23,34H,12-13,16-17H2,1H3,(H,30,36)(H,31,35)(H,32,33). The van der Waals surface area contributed by atoms with Gasteiger partial charge in [0.2, 0.25) is 5.06 Å². The lowest BCUT2D eigenvalue weighted by Gasteiger charge is -2.10. The highest BCUT2D eigenvalue weighted by Gasteiger charge is 2.24. The Labute approximate surface area is 224 Å². The number of aryl methyl sites for hydroxylation is 1. The Hall–Kier alpha value is -4.21. The molecule has 2 amide bonds. The first kappa shape index (κ1) is 25.4. The molecule has 1 aliphatic carbocycles. The van der Waals surface area contributed by atoms with Crippen molar-refractivity contribution in [3.8, 4) is 16.3 Å². The Bertz CT molecular complexity index is 1450. The molecule has 4 N–H and O–H groups in total. The Kier molecular flexibility index (Phi) is 7.67. The minimum absolute atomic E-state index is 0.102. The van der Waals surface area contributed by atoms with Crippen molar-refractivity contribution >= 4 is 34.2 Å². The van der Waals surface area contributed by atoms with Crippen LogP contribution >= 0.6 is 11.3 Å². The number of aromatic nitrogens is 1. The number of nitrogens with one attached hydrogen (secondary N) is 3. The summed E-state index contributed by atoms with van der Waals surface area (Å²) < 4.78 is 5.70. The van der Waals surface area contributed by atoms with Gasteiger partial charge in [0.1, 0.15) is 5.69 Å². The molecule has 1 saturated carbocycles. The maximum atomic E-state index is 12.7. The van der Waals surface area contributed by atoms with E-state index in [9.17, 15) is 14.7 Å². The van der Waals surface area contributed by atoms with Crippen LogP contribution in [0.25, 0.3) is 11.3 Å².